The molecular weight excluding hydrogens is 262 g/mol. The average molecular weight is 289 g/mol. The number of likely N-dealkylation sites (tertiary alicyclic amines) is 1. The molecule has 3 heterocycles. The third kappa shape index (κ3) is 2.98. The summed E-state index contributed by atoms with van der Waals surface area (Å²) in [5.74, 6) is 2.14. The van der Waals surface area contributed by atoms with Gasteiger partial charge in [-0.2, -0.15) is 0 Å². The summed E-state index contributed by atoms with van der Waals surface area (Å²) in [5.41, 5.74) is 1.28. The molecule has 5 nitrogen and oxygen atoms in total. The van der Waals surface area contributed by atoms with Crippen LogP contribution in [-0.4, -0.2) is 54.1 Å². The lowest BCUT2D eigenvalue weighted by Crippen LogP contribution is -2.35. The molecule has 0 bridgehead atoms. The molecule has 1 unspecified atom stereocenters. The van der Waals surface area contributed by atoms with Crippen molar-refractivity contribution >= 4 is 11.6 Å². The van der Waals surface area contributed by atoms with Crippen LogP contribution in [0.3, 0.4) is 0 Å². The fourth-order valence-corrected chi connectivity index (χ4v) is 3.71. The van der Waals surface area contributed by atoms with E-state index in [9.17, 15) is 0 Å². The highest BCUT2D eigenvalue weighted by Crippen LogP contribution is 2.29. The minimum absolute atomic E-state index is 0.718. The standard InChI is InChI=1S/C16H27N5/c1-3-6-14-15(17-2)18-12-19-16(14)21-10-7-13(11-21)20-8-4-5-9-20/h12-13H,3-11H2,1-2H3,(H,17,18,19). The molecule has 2 aliphatic rings. The normalized spacial score (nSPS) is 23.0. The minimum Gasteiger partial charge on any atom is -0.373 e. The Morgan fingerprint density at radius 3 is 2.76 bits per heavy atom. The topological polar surface area (TPSA) is 44.3 Å². The van der Waals surface area contributed by atoms with Gasteiger partial charge in [0, 0.05) is 31.7 Å². The van der Waals surface area contributed by atoms with E-state index in [0.29, 0.717) is 0 Å². The van der Waals surface area contributed by atoms with E-state index < -0.39 is 0 Å². The summed E-state index contributed by atoms with van der Waals surface area (Å²) in [6.45, 7) is 7.03. The highest BCUT2D eigenvalue weighted by Gasteiger charge is 2.31. The Hall–Kier alpha value is -1.36. The van der Waals surface area contributed by atoms with Crippen molar-refractivity contribution in [3.63, 3.8) is 0 Å². The summed E-state index contributed by atoms with van der Waals surface area (Å²) in [6, 6.07) is 0.718. The lowest BCUT2D eigenvalue weighted by Gasteiger charge is -2.25. The monoisotopic (exact) mass is 289 g/mol. The van der Waals surface area contributed by atoms with E-state index >= 15 is 0 Å². The molecule has 1 atom stereocenters. The maximum absolute atomic E-state index is 4.61. The van der Waals surface area contributed by atoms with Gasteiger partial charge in [-0.1, -0.05) is 13.3 Å². The van der Waals surface area contributed by atoms with Crippen LogP contribution in [0.25, 0.3) is 0 Å². The lowest BCUT2D eigenvalue weighted by molar-refractivity contribution is 0.260. The summed E-state index contributed by atoms with van der Waals surface area (Å²) in [4.78, 5) is 14.1. The molecule has 2 saturated heterocycles. The Labute approximate surface area is 127 Å². The third-order valence-corrected chi connectivity index (χ3v) is 4.78. The van der Waals surface area contributed by atoms with Crippen LogP contribution in [0.4, 0.5) is 11.6 Å². The summed E-state index contributed by atoms with van der Waals surface area (Å²) >= 11 is 0. The second-order valence-electron chi connectivity index (χ2n) is 6.16. The van der Waals surface area contributed by atoms with Crippen LogP contribution in [0.2, 0.25) is 0 Å². The van der Waals surface area contributed by atoms with Crippen molar-refractivity contribution in [2.75, 3.05) is 43.4 Å². The zero-order valence-electron chi connectivity index (χ0n) is 13.3. The summed E-state index contributed by atoms with van der Waals surface area (Å²) in [6.07, 6.45) is 7.87. The number of hydrogen-bond donors (Lipinski definition) is 1. The van der Waals surface area contributed by atoms with E-state index in [1.54, 1.807) is 6.33 Å². The number of nitrogens with one attached hydrogen (secondary N) is 1. The van der Waals surface area contributed by atoms with Gasteiger partial charge in [-0.3, -0.25) is 4.90 Å². The van der Waals surface area contributed by atoms with Crippen molar-refractivity contribution in [1.82, 2.24) is 14.9 Å². The number of anilines is 2. The van der Waals surface area contributed by atoms with E-state index in [4.69, 9.17) is 0 Å². The second kappa shape index (κ2) is 6.60. The van der Waals surface area contributed by atoms with Gasteiger partial charge in [-0.05, 0) is 38.8 Å². The van der Waals surface area contributed by atoms with Crippen molar-refractivity contribution in [2.24, 2.45) is 0 Å². The molecule has 1 N–H and O–H groups in total. The first-order valence-corrected chi connectivity index (χ1v) is 8.34. The Morgan fingerprint density at radius 2 is 2.05 bits per heavy atom. The maximum atomic E-state index is 4.61. The van der Waals surface area contributed by atoms with Crippen LogP contribution in [0.1, 0.15) is 38.2 Å². The quantitative estimate of drug-likeness (QED) is 0.900. The highest BCUT2D eigenvalue weighted by molar-refractivity contribution is 5.59. The molecule has 0 aliphatic carbocycles. The largest absolute Gasteiger partial charge is 0.373 e. The van der Waals surface area contributed by atoms with Crippen molar-refractivity contribution in [1.29, 1.82) is 0 Å². The predicted molar refractivity (Wildman–Crippen MR) is 87.0 cm³/mol. The zero-order chi connectivity index (χ0) is 14.7. The SMILES string of the molecule is CCCc1c(NC)ncnc1N1CCC(N2CCCC2)C1. The molecule has 2 aliphatic heterocycles. The lowest BCUT2D eigenvalue weighted by atomic mass is 10.1. The van der Waals surface area contributed by atoms with Gasteiger partial charge in [0.1, 0.15) is 18.0 Å². The first kappa shape index (κ1) is 14.6. The molecule has 116 valence electrons. The molecule has 0 radical (unpaired) electrons. The van der Waals surface area contributed by atoms with Gasteiger partial charge in [0.15, 0.2) is 0 Å². The summed E-state index contributed by atoms with van der Waals surface area (Å²) in [5, 5.41) is 3.22. The molecule has 3 rings (SSSR count). The molecule has 0 saturated carbocycles. The van der Waals surface area contributed by atoms with E-state index in [1.165, 1.54) is 37.9 Å². The average Bonchev–Trinajstić information content (AvgIpc) is 3.18. The summed E-state index contributed by atoms with van der Waals surface area (Å²) < 4.78 is 0. The predicted octanol–water partition coefficient (Wildman–Crippen LogP) is 2.15. The second-order valence-corrected chi connectivity index (χ2v) is 6.16. The van der Waals surface area contributed by atoms with Gasteiger partial charge in [-0.15, -0.1) is 0 Å². The molecule has 0 amide bonds. The zero-order valence-corrected chi connectivity index (χ0v) is 13.3. The van der Waals surface area contributed by atoms with Crippen molar-refractivity contribution in [2.45, 2.75) is 45.1 Å². The Balaban J connectivity index is 1.77. The maximum Gasteiger partial charge on any atom is 0.137 e. The van der Waals surface area contributed by atoms with Gasteiger partial charge < -0.3 is 10.2 Å². The Morgan fingerprint density at radius 1 is 1.24 bits per heavy atom. The highest BCUT2D eigenvalue weighted by atomic mass is 15.3. The van der Waals surface area contributed by atoms with E-state index in [1.807, 2.05) is 7.05 Å². The van der Waals surface area contributed by atoms with Gasteiger partial charge >= 0.3 is 0 Å². The first-order chi connectivity index (χ1) is 10.3. The van der Waals surface area contributed by atoms with E-state index in [0.717, 1.165) is 43.6 Å². The fourth-order valence-electron chi connectivity index (χ4n) is 3.71. The van der Waals surface area contributed by atoms with Crippen molar-refractivity contribution in [3.05, 3.63) is 11.9 Å². The fraction of sp³-hybridized carbons (Fsp3) is 0.750. The van der Waals surface area contributed by atoms with Gasteiger partial charge in [0.25, 0.3) is 0 Å². The van der Waals surface area contributed by atoms with E-state index in [2.05, 4.69) is 32.0 Å². The van der Waals surface area contributed by atoms with Gasteiger partial charge in [0.2, 0.25) is 0 Å². The summed E-state index contributed by atoms with van der Waals surface area (Å²) in [7, 11) is 1.95. The van der Waals surface area contributed by atoms with Crippen molar-refractivity contribution < 1.29 is 0 Å². The van der Waals surface area contributed by atoms with E-state index in [-0.39, 0.29) is 0 Å². The molecule has 1 aromatic rings. The molecule has 1 aromatic heterocycles. The van der Waals surface area contributed by atoms with Crippen molar-refractivity contribution in [3.8, 4) is 0 Å². The minimum atomic E-state index is 0.718. The number of aromatic nitrogens is 2. The smallest absolute Gasteiger partial charge is 0.137 e. The molecule has 5 heteroatoms. The molecule has 2 fully saturated rings. The Kier molecular flexibility index (Phi) is 4.58. The molecular formula is C16H27N5. The number of nitrogens with zero attached hydrogens (tertiary/aromatic N) is 4. The number of hydrogen-bond acceptors (Lipinski definition) is 5. The van der Waals surface area contributed by atoms with Crippen LogP contribution in [0.15, 0.2) is 6.33 Å². The number of rotatable bonds is 5. The third-order valence-electron chi connectivity index (χ3n) is 4.78. The van der Waals surface area contributed by atoms with Crippen LogP contribution in [0, 0.1) is 0 Å². The first-order valence-electron chi connectivity index (χ1n) is 8.34. The molecule has 0 aromatic carbocycles. The van der Waals surface area contributed by atoms with Gasteiger partial charge in [-0.25, -0.2) is 9.97 Å². The van der Waals surface area contributed by atoms with Crippen LogP contribution in [-0.2, 0) is 6.42 Å². The molecule has 0 spiro atoms. The van der Waals surface area contributed by atoms with Crippen LogP contribution < -0.4 is 10.2 Å². The molecule has 21 heavy (non-hydrogen) atoms. The van der Waals surface area contributed by atoms with Crippen LogP contribution in [0.5, 0.6) is 0 Å². The Bertz CT molecular complexity index is 470. The van der Waals surface area contributed by atoms with Gasteiger partial charge in [0.05, 0.1) is 0 Å². The van der Waals surface area contributed by atoms with Crippen LogP contribution >= 0.6 is 0 Å².